The van der Waals surface area contributed by atoms with E-state index in [0.29, 0.717) is 30.8 Å². The average Bonchev–Trinajstić information content (AvgIpc) is 2.54. The maximum absolute atomic E-state index is 11.7. The summed E-state index contributed by atoms with van der Waals surface area (Å²) < 4.78 is 5.05. The molecule has 1 heterocycles. The topological polar surface area (TPSA) is 70.4 Å². The summed E-state index contributed by atoms with van der Waals surface area (Å²) in [5.41, 5.74) is 1.82. The van der Waals surface area contributed by atoms with Crippen molar-refractivity contribution in [2.45, 2.75) is 19.8 Å². The van der Waals surface area contributed by atoms with Gasteiger partial charge in [-0.3, -0.25) is 9.59 Å². The molecule has 1 fully saturated rings. The van der Waals surface area contributed by atoms with Gasteiger partial charge in [-0.2, -0.15) is 5.26 Å². The summed E-state index contributed by atoms with van der Waals surface area (Å²) in [5.74, 6) is -0.185. The highest BCUT2D eigenvalue weighted by atomic mass is 16.5. The predicted octanol–water partition coefficient (Wildman–Crippen LogP) is 2.15. The van der Waals surface area contributed by atoms with Crippen LogP contribution in [0.2, 0.25) is 0 Å². The first-order chi connectivity index (χ1) is 10.2. The molecule has 0 saturated carbocycles. The zero-order valence-corrected chi connectivity index (χ0v) is 12.0. The van der Waals surface area contributed by atoms with E-state index in [9.17, 15) is 14.9 Å². The molecule has 0 unspecified atom stereocenters. The number of anilines is 1. The third-order valence-corrected chi connectivity index (χ3v) is 3.73. The number of hydrogen-bond acceptors (Lipinski definition) is 5. The fourth-order valence-corrected chi connectivity index (χ4v) is 2.61. The SMILES string of the molecule is CCOC(=O)C1CCN(c2ccc(C=O)cc2C#N)CC1. The van der Waals surface area contributed by atoms with Gasteiger partial charge in [0, 0.05) is 18.7 Å². The predicted molar refractivity (Wildman–Crippen MR) is 78.1 cm³/mol. The summed E-state index contributed by atoms with van der Waals surface area (Å²) in [7, 11) is 0. The Bertz CT molecular complexity index is 569. The smallest absolute Gasteiger partial charge is 0.309 e. The molecule has 1 aliphatic heterocycles. The highest BCUT2D eigenvalue weighted by molar-refractivity contribution is 5.78. The Morgan fingerprint density at radius 2 is 2.19 bits per heavy atom. The fraction of sp³-hybridized carbons (Fsp3) is 0.438. The van der Waals surface area contributed by atoms with Gasteiger partial charge in [-0.25, -0.2) is 0 Å². The highest BCUT2D eigenvalue weighted by Gasteiger charge is 2.26. The summed E-state index contributed by atoms with van der Waals surface area (Å²) in [5, 5.41) is 9.21. The van der Waals surface area contributed by atoms with Crippen molar-refractivity contribution in [3.63, 3.8) is 0 Å². The van der Waals surface area contributed by atoms with E-state index in [2.05, 4.69) is 11.0 Å². The summed E-state index contributed by atoms with van der Waals surface area (Å²) >= 11 is 0. The molecule has 1 aromatic rings. The lowest BCUT2D eigenvalue weighted by Crippen LogP contribution is -2.37. The number of nitriles is 1. The van der Waals surface area contributed by atoms with Gasteiger partial charge >= 0.3 is 5.97 Å². The van der Waals surface area contributed by atoms with Crippen LogP contribution in [0.5, 0.6) is 0 Å². The first-order valence-electron chi connectivity index (χ1n) is 7.10. The van der Waals surface area contributed by atoms with Crippen LogP contribution in [0.4, 0.5) is 5.69 Å². The Kier molecular flexibility index (Phi) is 4.94. The van der Waals surface area contributed by atoms with Gasteiger partial charge in [-0.15, -0.1) is 0 Å². The molecule has 1 aliphatic rings. The van der Waals surface area contributed by atoms with E-state index < -0.39 is 0 Å². The van der Waals surface area contributed by atoms with Crippen molar-refractivity contribution in [3.05, 3.63) is 29.3 Å². The van der Waals surface area contributed by atoms with E-state index in [-0.39, 0.29) is 11.9 Å². The first-order valence-corrected chi connectivity index (χ1v) is 7.10. The first kappa shape index (κ1) is 15.0. The van der Waals surface area contributed by atoms with Gasteiger partial charge in [0.2, 0.25) is 0 Å². The lowest BCUT2D eigenvalue weighted by Gasteiger charge is -2.33. The summed E-state index contributed by atoms with van der Waals surface area (Å²) in [4.78, 5) is 24.6. The number of ether oxygens (including phenoxy) is 1. The standard InChI is InChI=1S/C16H18N2O3/c1-2-21-16(20)13-5-7-18(8-6-13)15-4-3-12(11-19)9-14(15)10-17/h3-4,9,11,13H,2,5-8H2,1H3. The largest absolute Gasteiger partial charge is 0.466 e. The number of piperidine rings is 1. The average molecular weight is 286 g/mol. The van der Waals surface area contributed by atoms with E-state index in [4.69, 9.17) is 4.74 Å². The van der Waals surface area contributed by atoms with Crippen LogP contribution in [0, 0.1) is 17.2 Å². The van der Waals surface area contributed by atoms with Gasteiger partial charge in [0.05, 0.1) is 23.8 Å². The van der Waals surface area contributed by atoms with Gasteiger partial charge in [0.25, 0.3) is 0 Å². The van der Waals surface area contributed by atoms with Crippen molar-refractivity contribution in [2.24, 2.45) is 5.92 Å². The molecular formula is C16H18N2O3. The Morgan fingerprint density at radius 1 is 1.48 bits per heavy atom. The molecule has 0 aliphatic carbocycles. The van der Waals surface area contributed by atoms with Crippen LogP contribution in [0.3, 0.4) is 0 Å². The maximum Gasteiger partial charge on any atom is 0.309 e. The number of aldehydes is 1. The van der Waals surface area contributed by atoms with E-state index in [1.54, 1.807) is 25.1 Å². The Morgan fingerprint density at radius 3 is 2.76 bits per heavy atom. The molecule has 0 bridgehead atoms. The van der Waals surface area contributed by atoms with Crippen molar-refractivity contribution in [3.8, 4) is 6.07 Å². The van der Waals surface area contributed by atoms with Gasteiger partial charge in [-0.1, -0.05) is 0 Å². The molecule has 5 heteroatoms. The van der Waals surface area contributed by atoms with E-state index >= 15 is 0 Å². The van der Waals surface area contributed by atoms with E-state index in [0.717, 1.165) is 24.8 Å². The van der Waals surface area contributed by atoms with Crippen molar-refractivity contribution >= 4 is 17.9 Å². The quantitative estimate of drug-likeness (QED) is 0.626. The molecule has 110 valence electrons. The summed E-state index contributed by atoms with van der Waals surface area (Å²) in [6.45, 7) is 3.63. The van der Waals surface area contributed by atoms with Crippen LogP contribution < -0.4 is 4.90 Å². The maximum atomic E-state index is 11.7. The van der Waals surface area contributed by atoms with Gasteiger partial charge in [0.15, 0.2) is 0 Å². The molecule has 5 nitrogen and oxygen atoms in total. The highest BCUT2D eigenvalue weighted by Crippen LogP contribution is 2.27. The number of benzene rings is 1. The number of hydrogen-bond donors (Lipinski definition) is 0. The van der Waals surface area contributed by atoms with Crippen LogP contribution in [0.25, 0.3) is 0 Å². The van der Waals surface area contributed by atoms with E-state index in [1.165, 1.54) is 0 Å². The molecule has 0 amide bonds. The van der Waals surface area contributed by atoms with Gasteiger partial charge in [-0.05, 0) is 38.0 Å². The lowest BCUT2D eigenvalue weighted by atomic mass is 9.96. The van der Waals surface area contributed by atoms with Crippen LogP contribution in [0.1, 0.15) is 35.7 Å². The second-order valence-electron chi connectivity index (χ2n) is 5.02. The normalized spacial score (nSPS) is 15.3. The second kappa shape index (κ2) is 6.89. The third-order valence-electron chi connectivity index (χ3n) is 3.73. The minimum absolute atomic E-state index is 0.0546. The Hall–Kier alpha value is -2.35. The summed E-state index contributed by atoms with van der Waals surface area (Å²) in [6, 6.07) is 7.23. The second-order valence-corrected chi connectivity index (χ2v) is 5.02. The minimum atomic E-state index is -0.131. The van der Waals surface area contributed by atoms with Crippen molar-refractivity contribution < 1.29 is 14.3 Å². The number of carbonyl (C=O) groups excluding carboxylic acids is 2. The van der Waals surface area contributed by atoms with Crippen molar-refractivity contribution in [1.82, 2.24) is 0 Å². The number of rotatable bonds is 4. The Labute approximate surface area is 124 Å². The molecule has 2 rings (SSSR count). The van der Waals surface area contributed by atoms with Crippen LogP contribution in [-0.2, 0) is 9.53 Å². The number of nitrogens with zero attached hydrogens (tertiary/aromatic N) is 2. The van der Waals surface area contributed by atoms with Gasteiger partial charge < -0.3 is 9.64 Å². The molecule has 0 spiro atoms. The molecule has 1 aromatic carbocycles. The zero-order chi connectivity index (χ0) is 15.2. The molecule has 1 saturated heterocycles. The monoisotopic (exact) mass is 286 g/mol. The molecule has 0 atom stereocenters. The zero-order valence-electron chi connectivity index (χ0n) is 12.0. The molecular weight excluding hydrogens is 268 g/mol. The van der Waals surface area contributed by atoms with E-state index in [1.807, 2.05) is 0 Å². The van der Waals surface area contributed by atoms with Gasteiger partial charge in [0.1, 0.15) is 12.4 Å². The lowest BCUT2D eigenvalue weighted by molar-refractivity contribution is -0.148. The molecule has 21 heavy (non-hydrogen) atoms. The number of carbonyl (C=O) groups is 2. The molecule has 0 radical (unpaired) electrons. The Balaban J connectivity index is 2.07. The minimum Gasteiger partial charge on any atom is -0.466 e. The summed E-state index contributed by atoms with van der Waals surface area (Å²) in [6.07, 6.45) is 2.18. The van der Waals surface area contributed by atoms with Crippen molar-refractivity contribution in [1.29, 1.82) is 5.26 Å². The molecule has 0 N–H and O–H groups in total. The van der Waals surface area contributed by atoms with Crippen molar-refractivity contribution in [2.75, 3.05) is 24.6 Å². The number of esters is 1. The molecule has 0 aromatic heterocycles. The van der Waals surface area contributed by atoms with Crippen LogP contribution in [0.15, 0.2) is 18.2 Å². The van der Waals surface area contributed by atoms with Crippen LogP contribution in [-0.4, -0.2) is 32.0 Å². The van der Waals surface area contributed by atoms with Crippen LogP contribution >= 0.6 is 0 Å². The fourth-order valence-electron chi connectivity index (χ4n) is 2.61. The third kappa shape index (κ3) is 3.40.